The number of rotatable bonds is 5. The lowest BCUT2D eigenvalue weighted by Gasteiger charge is -2.56. The molecule has 6 heterocycles. The molecule has 1 aromatic carbocycles. The summed E-state index contributed by atoms with van der Waals surface area (Å²) in [6, 6.07) is 5.89. The summed E-state index contributed by atoms with van der Waals surface area (Å²) >= 11 is 0. The molecule has 3 aliphatic heterocycles. The van der Waals surface area contributed by atoms with Gasteiger partial charge < -0.3 is 39.0 Å². The van der Waals surface area contributed by atoms with E-state index in [2.05, 4.69) is 35.5 Å². The Labute approximate surface area is 314 Å². The highest BCUT2D eigenvalue weighted by Crippen LogP contribution is 2.63. The molecule has 1 unspecified atom stereocenters. The number of phenolic OH excluding ortho intramolecular Hbond substituents is 1. The van der Waals surface area contributed by atoms with E-state index in [0.717, 1.165) is 71.3 Å². The van der Waals surface area contributed by atoms with Crippen molar-refractivity contribution in [2.45, 2.75) is 102 Å². The maximum absolute atomic E-state index is 12.7. The van der Waals surface area contributed by atoms with Gasteiger partial charge in [-0.05, 0) is 102 Å². The summed E-state index contributed by atoms with van der Waals surface area (Å²) in [5.41, 5.74) is 6.45. The average molecular weight is 736 g/mol. The van der Waals surface area contributed by atoms with Crippen molar-refractivity contribution >= 4 is 17.6 Å². The molecule has 2 fully saturated rings. The Morgan fingerprint density at radius 2 is 1.83 bits per heavy atom. The lowest BCUT2D eigenvalue weighted by molar-refractivity contribution is -0.0454. The molecular weight excluding hydrogens is 686 g/mol. The van der Waals surface area contributed by atoms with Gasteiger partial charge in [-0.3, -0.25) is 4.68 Å². The Morgan fingerprint density at radius 1 is 1.07 bits per heavy atom. The number of nitrogens with zero attached hydrogens (tertiary/aromatic N) is 5. The number of ether oxygens (including phenoxy) is 2. The smallest absolute Gasteiger partial charge is 0.410 e. The molecule has 284 valence electrons. The highest BCUT2D eigenvalue weighted by Gasteiger charge is 2.64. The van der Waals surface area contributed by atoms with Crippen molar-refractivity contribution in [3.8, 4) is 22.6 Å². The van der Waals surface area contributed by atoms with Gasteiger partial charge in [0, 0.05) is 76.7 Å². The molecule has 1 amide bonds. The number of aliphatic hydroxyl groups is 1. The number of amides is 1. The summed E-state index contributed by atoms with van der Waals surface area (Å²) in [7, 11) is 2.16. The molecule has 12 nitrogen and oxygen atoms in total. The number of carboxylic acids is 1. The Kier molecular flexibility index (Phi) is 7.82. The summed E-state index contributed by atoms with van der Waals surface area (Å²) < 4.78 is 16.1. The molecule has 6 atom stereocenters. The zero-order chi connectivity index (χ0) is 38.0. The number of hydrogen-bond donors (Lipinski definition) is 3. The number of aromatic nitrogens is 3. The van der Waals surface area contributed by atoms with Crippen LogP contribution < -0.4 is 4.74 Å². The van der Waals surface area contributed by atoms with Gasteiger partial charge in [0.2, 0.25) is 0 Å². The van der Waals surface area contributed by atoms with Crippen LogP contribution in [0.25, 0.3) is 16.6 Å². The molecular formula is C42H49N5O7. The summed E-state index contributed by atoms with van der Waals surface area (Å²) in [5, 5.41) is 38.0. The fourth-order valence-corrected chi connectivity index (χ4v) is 10.5. The number of piperidine rings is 2. The third-order valence-corrected chi connectivity index (χ3v) is 13.0. The van der Waals surface area contributed by atoms with Crippen molar-refractivity contribution in [1.82, 2.24) is 24.0 Å². The predicted octanol–water partition coefficient (Wildman–Crippen LogP) is 6.04. The molecule has 4 aromatic rings. The molecule has 2 bridgehead atoms. The topological polar surface area (TPSA) is 142 Å². The van der Waals surface area contributed by atoms with E-state index in [0.29, 0.717) is 24.4 Å². The van der Waals surface area contributed by atoms with Crippen LogP contribution in [-0.4, -0.2) is 102 Å². The van der Waals surface area contributed by atoms with Crippen LogP contribution in [0, 0.1) is 12.8 Å². The van der Waals surface area contributed by atoms with Gasteiger partial charge in [-0.1, -0.05) is 19.1 Å². The van der Waals surface area contributed by atoms with Crippen LogP contribution >= 0.6 is 0 Å². The summed E-state index contributed by atoms with van der Waals surface area (Å²) in [5.74, 6) is -0.593. The zero-order valence-electron chi connectivity index (χ0n) is 31.7. The van der Waals surface area contributed by atoms with Crippen LogP contribution in [0.3, 0.4) is 0 Å². The molecule has 54 heavy (non-hydrogen) atoms. The number of aliphatic hydroxyl groups excluding tert-OH is 1. The van der Waals surface area contributed by atoms with Crippen LogP contribution in [0.5, 0.6) is 11.5 Å². The van der Waals surface area contributed by atoms with Crippen LogP contribution in [-0.2, 0) is 16.6 Å². The number of carbonyl (C=O) groups excluding carboxylic acids is 1. The standard InChI is InChI=1S/C42H49N5O7/c1-22(28-18-34(49)37-35-30(28)17-32-31-7-8-33(48)38(53-37)42(31,35)11-14-44(32)6)36-23(2)29(39(50)51)16-27-15-24(20-46(27)36)25-19-43-47(21-25)26-9-12-45(13-10-26)40(52)54-41(3,4)5/h7-8,15-16,18-22,26,31-33,38,48-49H,9-14,17H2,1-6H3,(H,50,51)/t22?,31-,32+,33-,38-,42-/m0/s1. The highest BCUT2D eigenvalue weighted by molar-refractivity contribution is 5.92. The number of carboxylic acid groups (broad SMARTS) is 1. The van der Waals surface area contributed by atoms with E-state index < -0.39 is 29.2 Å². The first kappa shape index (κ1) is 34.9. The second kappa shape index (κ2) is 12.1. The Balaban J connectivity index is 1.09. The molecule has 0 radical (unpaired) electrons. The molecule has 2 aliphatic carbocycles. The average Bonchev–Trinajstić information content (AvgIpc) is 3.86. The largest absolute Gasteiger partial charge is 0.504 e. The SMILES string of the molecule is Cc1c(C(=O)O)cc2cc(-c3cnn(C4CCN(C(=O)OC(C)(C)C)CC4)c3)cn2c1C(C)c1cc(O)c2c3c1C[C@@H]1[C@@H]4C=C[C@H](O)[C@H](O2)[C@]34CCN1C. The predicted molar refractivity (Wildman–Crippen MR) is 201 cm³/mol. The van der Waals surface area contributed by atoms with E-state index in [4.69, 9.17) is 14.6 Å². The molecule has 0 saturated carbocycles. The van der Waals surface area contributed by atoms with E-state index in [1.165, 1.54) is 0 Å². The molecule has 9 rings (SSSR count). The Bertz CT molecular complexity index is 2240. The maximum Gasteiger partial charge on any atom is 0.410 e. The van der Waals surface area contributed by atoms with Gasteiger partial charge in [0.05, 0.1) is 17.8 Å². The van der Waals surface area contributed by atoms with Gasteiger partial charge in [0.15, 0.2) is 11.5 Å². The van der Waals surface area contributed by atoms with E-state index in [9.17, 15) is 24.9 Å². The number of fused-ring (bicyclic) bond motifs is 1. The van der Waals surface area contributed by atoms with Gasteiger partial charge in [-0.15, -0.1) is 0 Å². The van der Waals surface area contributed by atoms with E-state index in [-0.39, 0.29) is 41.3 Å². The first-order valence-electron chi connectivity index (χ1n) is 19.2. The number of carbonyl (C=O) groups is 2. The van der Waals surface area contributed by atoms with Crippen molar-refractivity contribution in [2.24, 2.45) is 5.92 Å². The minimum absolute atomic E-state index is 0.0588. The number of benzene rings is 1. The van der Waals surface area contributed by atoms with Crippen LogP contribution in [0.4, 0.5) is 4.79 Å². The lowest BCUT2D eigenvalue weighted by atomic mass is 9.52. The van der Waals surface area contributed by atoms with E-state index in [1.54, 1.807) is 11.0 Å². The van der Waals surface area contributed by atoms with Crippen molar-refractivity contribution in [3.05, 3.63) is 82.5 Å². The molecule has 5 aliphatic rings. The quantitative estimate of drug-likeness (QED) is 0.209. The van der Waals surface area contributed by atoms with Gasteiger partial charge in [-0.25, -0.2) is 9.59 Å². The van der Waals surface area contributed by atoms with Gasteiger partial charge >= 0.3 is 12.1 Å². The second-order valence-electron chi connectivity index (χ2n) is 17.2. The summed E-state index contributed by atoms with van der Waals surface area (Å²) in [6.45, 7) is 11.6. The molecule has 2 saturated heterocycles. The number of pyridine rings is 1. The molecule has 1 spiro atoms. The van der Waals surface area contributed by atoms with E-state index in [1.807, 2.05) is 63.0 Å². The van der Waals surface area contributed by atoms with Gasteiger partial charge in [-0.2, -0.15) is 5.10 Å². The second-order valence-corrected chi connectivity index (χ2v) is 17.2. The lowest BCUT2D eigenvalue weighted by Crippen LogP contribution is -2.64. The number of hydrogen-bond acceptors (Lipinski definition) is 8. The maximum atomic E-state index is 12.7. The molecule has 3 aromatic heterocycles. The van der Waals surface area contributed by atoms with Crippen molar-refractivity contribution in [3.63, 3.8) is 0 Å². The zero-order valence-corrected chi connectivity index (χ0v) is 31.7. The number of aromatic hydroxyl groups is 1. The van der Waals surface area contributed by atoms with Crippen LogP contribution in [0.2, 0.25) is 0 Å². The molecule has 3 N–H and O–H groups in total. The van der Waals surface area contributed by atoms with E-state index >= 15 is 0 Å². The highest BCUT2D eigenvalue weighted by atomic mass is 16.6. The number of phenols is 1. The first-order chi connectivity index (χ1) is 25.7. The molecule has 12 heteroatoms. The third kappa shape index (κ3) is 5.12. The Hall–Kier alpha value is -4.81. The van der Waals surface area contributed by atoms with Crippen LogP contribution in [0.15, 0.2) is 48.9 Å². The minimum Gasteiger partial charge on any atom is -0.504 e. The summed E-state index contributed by atoms with van der Waals surface area (Å²) in [6.07, 6.45) is 11.5. The van der Waals surface area contributed by atoms with Crippen molar-refractivity contribution in [1.29, 1.82) is 0 Å². The monoisotopic (exact) mass is 735 g/mol. The Morgan fingerprint density at radius 3 is 2.56 bits per heavy atom. The van der Waals surface area contributed by atoms with Crippen molar-refractivity contribution in [2.75, 3.05) is 26.7 Å². The van der Waals surface area contributed by atoms with Gasteiger partial charge in [0.25, 0.3) is 0 Å². The van der Waals surface area contributed by atoms with Crippen molar-refractivity contribution < 1.29 is 34.4 Å². The van der Waals surface area contributed by atoms with Gasteiger partial charge in [0.1, 0.15) is 17.8 Å². The normalized spacial score (nSPS) is 26.8. The number of aromatic carboxylic acids is 1. The number of likely N-dealkylation sites (tertiary alicyclic amines) is 2. The minimum atomic E-state index is -0.994. The summed E-state index contributed by atoms with van der Waals surface area (Å²) in [4.78, 5) is 29.5. The third-order valence-electron chi connectivity index (χ3n) is 13.0. The fraction of sp³-hybridized carbons (Fsp3) is 0.500. The number of likely N-dealkylation sites (N-methyl/N-ethyl adjacent to an activating group) is 1. The first-order valence-corrected chi connectivity index (χ1v) is 19.2. The van der Waals surface area contributed by atoms with Crippen LogP contribution in [0.1, 0.15) is 97.2 Å². The fourth-order valence-electron chi connectivity index (χ4n) is 10.5.